The van der Waals surface area contributed by atoms with Crippen molar-refractivity contribution in [3.05, 3.63) is 96.1 Å². The summed E-state index contributed by atoms with van der Waals surface area (Å²) in [5.74, 6) is 5.52. The van der Waals surface area contributed by atoms with Gasteiger partial charge in [-0.3, -0.25) is 0 Å². The number of ether oxygens (including phenoxy) is 1. The standard InChI is InChI=1S/C28H22O/c1-3-27(19-21-13-15-23-9-5-7-11-25(23)17-21)29-28(4-2)20-22-14-16-24-10-6-8-12-26(24)18-22/h1-2,5-18,27-28H,19-20H2. The number of rotatable bonds is 6. The Morgan fingerprint density at radius 3 is 1.41 bits per heavy atom. The van der Waals surface area contributed by atoms with Crippen LogP contribution < -0.4 is 0 Å². The molecule has 0 amide bonds. The van der Waals surface area contributed by atoms with Crippen molar-refractivity contribution < 1.29 is 4.74 Å². The molecule has 1 heteroatoms. The molecular formula is C28H22O. The summed E-state index contributed by atoms with van der Waals surface area (Å²) in [5.41, 5.74) is 2.29. The van der Waals surface area contributed by atoms with Gasteiger partial charge in [-0.15, -0.1) is 12.8 Å². The van der Waals surface area contributed by atoms with E-state index in [-0.39, 0.29) is 12.2 Å². The second-order valence-corrected chi connectivity index (χ2v) is 7.22. The molecular weight excluding hydrogens is 352 g/mol. The maximum atomic E-state index is 6.11. The van der Waals surface area contributed by atoms with Crippen molar-refractivity contribution >= 4 is 21.5 Å². The van der Waals surface area contributed by atoms with Crippen LogP contribution in [-0.4, -0.2) is 12.2 Å². The van der Waals surface area contributed by atoms with Gasteiger partial charge in [-0.2, -0.15) is 0 Å². The summed E-state index contributed by atoms with van der Waals surface area (Å²) in [5, 5.41) is 4.83. The Bertz CT molecular complexity index is 1120. The van der Waals surface area contributed by atoms with E-state index in [0.717, 1.165) is 11.1 Å². The van der Waals surface area contributed by atoms with Crippen molar-refractivity contribution in [2.75, 3.05) is 0 Å². The first-order chi connectivity index (χ1) is 14.2. The summed E-state index contributed by atoms with van der Waals surface area (Å²) >= 11 is 0. The zero-order valence-electron chi connectivity index (χ0n) is 16.2. The van der Waals surface area contributed by atoms with Crippen molar-refractivity contribution in [1.29, 1.82) is 0 Å². The largest absolute Gasteiger partial charge is 0.349 e. The molecule has 0 aliphatic heterocycles. The number of hydrogen-bond donors (Lipinski definition) is 0. The number of terminal acetylenes is 2. The molecule has 4 aromatic rings. The third-order valence-corrected chi connectivity index (χ3v) is 5.17. The third-order valence-electron chi connectivity index (χ3n) is 5.17. The van der Waals surface area contributed by atoms with Crippen LogP contribution in [0.2, 0.25) is 0 Å². The monoisotopic (exact) mass is 374 g/mol. The fourth-order valence-corrected chi connectivity index (χ4v) is 3.65. The molecule has 1 nitrogen and oxygen atoms in total. The molecule has 0 aliphatic carbocycles. The van der Waals surface area contributed by atoms with Crippen LogP contribution >= 0.6 is 0 Å². The lowest BCUT2D eigenvalue weighted by molar-refractivity contribution is 0.0533. The van der Waals surface area contributed by atoms with Gasteiger partial charge in [0.15, 0.2) is 0 Å². The minimum Gasteiger partial charge on any atom is -0.349 e. The molecule has 0 bridgehead atoms. The minimum atomic E-state index is -0.363. The van der Waals surface area contributed by atoms with E-state index in [9.17, 15) is 0 Å². The summed E-state index contributed by atoms with van der Waals surface area (Å²) in [6.07, 6.45) is 12.1. The summed E-state index contributed by atoms with van der Waals surface area (Å²) in [6, 6.07) is 29.3. The summed E-state index contributed by atoms with van der Waals surface area (Å²) in [4.78, 5) is 0. The van der Waals surface area contributed by atoms with E-state index in [0.29, 0.717) is 12.8 Å². The van der Waals surface area contributed by atoms with E-state index < -0.39 is 0 Å². The topological polar surface area (TPSA) is 9.23 Å². The van der Waals surface area contributed by atoms with Gasteiger partial charge in [0.25, 0.3) is 0 Å². The molecule has 0 N–H and O–H groups in total. The maximum Gasteiger partial charge on any atom is 0.123 e. The molecule has 0 fully saturated rings. The van der Waals surface area contributed by atoms with Crippen molar-refractivity contribution in [2.45, 2.75) is 25.0 Å². The maximum absolute atomic E-state index is 6.11. The highest BCUT2D eigenvalue weighted by atomic mass is 16.5. The smallest absolute Gasteiger partial charge is 0.123 e. The Morgan fingerprint density at radius 2 is 1.00 bits per heavy atom. The quantitative estimate of drug-likeness (QED) is 0.388. The lowest BCUT2D eigenvalue weighted by atomic mass is 10.0. The van der Waals surface area contributed by atoms with Crippen molar-refractivity contribution in [2.24, 2.45) is 0 Å². The highest BCUT2D eigenvalue weighted by molar-refractivity contribution is 5.83. The van der Waals surface area contributed by atoms with Crippen LogP contribution in [0.3, 0.4) is 0 Å². The predicted octanol–water partition coefficient (Wildman–Crippen LogP) is 5.80. The van der Waals surface area contributed by atoms with Crippen molar-refractivity contribution in [3.8, 4) is 24.7 Å². The zero-order valence-corrected chi connectivity index (χ0v) is 16.2. The van der Waals surface area contributed by atoms with Crippen molar-refractivity contribution in [3.63, 3.8) is 0 Å². The van der Waals surface area contributed by atoms with E-state index >= 15 is 0 Å². The van der Waals surface area contributed by atoms with Gasteiger partial charge in [0, 0.05) is 12.8 Å². The van der Waals surface area contributed by atoms with Gasteiger partial charge in [-0.05, 0) is 32.7 Å². The molecule has 4 rings (SSSR count). The summed E-state index contributed by atoms with van der Waals surface area (Å²) < 4.78 is 6.11. The summed E-state index contributed by atoms with van der Waals surface area (Å²) in [7, 11) is 0. The Labute approximate surface area is 172 Å². The summed E-state index contributed by atoms with van der Waals surface area (Å²) in [6.45, 7) is 0. The van der Waals surface area contributed by atoms with E-state index in [1.165, 1.54) is 21.5 Å². The SMILES string of the molecule is C#CC(Cc1ccc2ccccc2c1)OC(C#C)Cc1ccc2ccccc2c1. The van der Waals surface area contributed by atoms with Gasteiger partial charge >= 0.3 is 0 Å². The molecule has 0 saturated carbocycles. The molecule has 29 heavy (non-hydrogen) atoms. The molecule has 2 unspecified atom stereocenters. The Morgan fingerprint density at radius 1 is 0.586 bits per heavy atom. The van der Waals surface area contributed by atoms with Gasteiger partial charge in [0.2, 0.25) is 0 Å². The molecule has 0 radical (unpaired) electrons. The lowest BCUT2D eigenvalue weighted by Crippen LogP contribution is -2.23. The molecule has 0 aromatic heterocycles. The van der Waals surface area contributed by atoms with Crippen LogP contribution in [0, 0.1) is 24.7 Å². The molecule has 2 atom stereocenters. The van der Waals surface area contributed by atoms with Crippen LogP contribution in [0.4, 0.5) is 0 Å². The molecule has 0 saturated heterocycles. The predicted molar refractivity (Wildman–Crippen MR) is 122 cm³/mol. The first-order valence-corrected chi connectivity index (χ1v) is 9.78. The molecule has 0 heterocycles. The number of hydrogen-bond acceptors (Lipinski definition) is 1. The van der Waals surface area contributed by atoms with E-state index in [1.807, 2.05) is 24.3 Å². The minimum absolute atomic E-state index is 0.363. The van der Waals surface area contributed by atoms with Gasteiger partial charge in [0.05, 0.1) is 0 Å². The van der Waals surface area contributed by atoms with E-state index in [1.54, 1.807) is 0 Å². The van der Waals surface area contributed by atoms with Gasteiger partial charge in [-0.1, -0.05) is 96.8 Å². The van der Waals surface area contributed by atoms with Crippen LogP contribution in [0.15, 0.2) is 84.9 Å². The number of benzene rings is 4. The molecule has 0 spiro atoms. The Balaban J connectivity index is 1.46. The average molecular weight is 374 g/mol. The Kier molecular flexibility index (Phi) is 5.62. The third kappa shape index (κ3) is 4.49. The van der Waals surface area contributed by atoms with Crippen LogP contribution in [-0.2, 0) is 17.6 Å². The van der Waals surface area contributed by atoms with Crippen LogP contribution in [0.25, 0.3) is 21.5 Å². The zero-order chi connectivity index (χ0) is 20.1. The number of fused-ring (bicyclic) bond motifs is 2. The first kappa shape index (κ1) is 18.8. The second kappa shape index (κ2) is 8.66. The van der Waals surface area contributed by atoms with Crippen molar-refractivity contribution in [1.82, 2.24) is 0 Å². The van der Waals surface area contributed by atoms with Gasteiger partial charge in [0.1, 0.15) is 12.2 Å². The molecule has 0 aliphatic rings. The molecule has 4 aromatic carbocycles. The average Bonchev–Trinajstić information content (AvgIpc) is 2.77. The lowest BCUT2D eigenvalue weighted by Gasteiger charge is -2.18. The van der Waals surface area contributed by atoms with E-state index in [2.05, 4.69) is 72.5 Å². The van der Waals surface area contributed by atoms with Gasteiger partial charge < -0.3 is 4.74 Å². The van der Waals surface area contributed by atoms with E-state index in [4.69, 9.17) is 17.6 Å². The first-order valence-electron chi connectivity index (χ1n) is 9.78. The Hall–Kier alpha value is -3.52. The second-order valence-electron chi connectivity index (χ2n) is 7.22. The highest BCUT2D eigenvalue weighted by Gasteiger charge is 2.15. The molecule has 140 valence electrons. The van der Waals surface area contributed by atoms with Crippen LogP contribution in [0.5, 0.6) is 0 Å². The fraction of sp³-hybridized carbons (Fsp3) is 0.143. The fourth-order valence-electron chi connectivity index (χ4n) is 3.65. The highest BCUT2D eigenvalue weighted by Crippen LogP contribution is 2.20. The van der Waals surface area contributed by atoms with Gasteiger partial charge in [-0.25, -0.2) is 0 Å². The normalized spacial score (nSPS) is 12.9. The van der Waals surface area contributed by atoms with Crippen LogP contribution in [0.1, 0.15) is 11.1 Å².